The SMILES string of the molecule is CSCC[C@H](N)C(=O)[O-].CSCC[C@H](N)C(=O)[O-].CSCC[C@H](N)C(=O)[O-].O=C([O-])C=Cc1cnc[nH]1.O=C([O-])C=Cc1cnc[nH]1.O=C([O-])C=Cc1cnc[nH]1.[Mo]. The third kappa shape index (κ3) is 42.4. The molecule has 0 aromatic carbocycles. The number of nitrogens with one attached hydrogen (secondary N) is 3. The van der Waals surface area contributed by atoms with Gasteiger partial charge in [-0.25, -0.2) is 15.0 Å². The number of hydrogen-bond acceptors (Lipinski definition) is 21. The number of rotatable bonds is 18. The van der Waals surface area contributed by atoms with E-state index in [-0.39, 0.29) is 21.1 Å². The standard InChI is InChI=1S/3C6H6N2O2.3C5H11NO2S.Mo/c3*9-6(10)2-1-5-3-7-4-8-5;3*1-9-3-2-4(6)5(7)8;/h3*1-4H,(H,7,8)(H,9,10);3*4H,2-3,6H2,1H3,(H,7,8);/p-6/t;;;3*4-;/m...000./s1. The second-order valence-electron chi connectivity index (χ2n) is 10.1. The Bertz CT molecular complexity index is 1410. The second-order valence-corrected chi connectivity index (χ2v) is 13.1. The van der Waals surface area contributed by atoms with Crippen molar-refractivity contribution in [1.29, 1.82) is 0 Å². The summed E-state index contributed by atoms with van der Waals surface area (Å²) in [5, 5.41) is 59.5. The molecule has 3 aromatic heterocycles. The Kier molecular flexibility index (Phi) is 41.9. The number of nitrogens with two attached hydrogens (primary N) is 3. The number of hydrogen-bond donors (Lipinski definition) is 6. The third-order valence-corrected chi connectivity index (χ3v) is 7.49. The number of nitrogens with zero attached hydrogens (tertiary/aromatic N) is 3. The van der Waals surface area contributed by atoms with Crippen LogP contribution in [0.1, 0.15) is 36.3 Å². The zero-order valence-corrected chi connectivity index (χ0v) is 36.0. The fraction of sp³-hybridized carbons (Fsp3) is 0.364. The second kappa shape index (κ2) is 40.5. The van der Waals surface area contributed by atoms with E-state index in [1.165, 1.54) is 55.8 Å². The minimum absolute atomic E-state index is 0. The molecule has 0 saturated carbocycles. The van der Waals surface area contributed by atoms with Crippen LogP contribution in [0.2, 0.25) is 0 Å². The number of carboxylic acids is 6. The van der Waals surface area contributed by atoms with Gasteiger partial charge in [-0.3, -0.25) is 0 Å². The minimum Gasteiger partial charge on any atom is -0.548 e. The quantitative estimate of drug-likeness (QED) is 0.0510. The molecule has 0 bridgehead atoms. The zero-order chi connectivity index (χ0) is 44.0. The summed E-state index contributed by atoms with van der Waals surface area (Å²) in [6.45, 7) is 0. The Hall–Kier alpha value is -4.71. The Balaban J connectivity index is -0.000000301. The van der Waals surface area contributed by atoms with Crippen molar-refractivity contribution in [3.63, 3.8) is 0 Å². The van der Waals surface area contributed by atoms with Crippen molar-refractivity contribution < 1.29 is 80.5 Å². The summed E-state index contributed by atoms with van der Waals surface area (Å²) in [5.41, 5.74) is 17.3. The van der Waals surface area contributed by atoms with Crippen molar-refractivity contribution in [1.82, 2.24) is 29.9 Å². The van der Waals surface area contributed by atoms with Gasteiger partial charge in [0.1, 0.15) is 0 Å². The van der Waals surface area contributed by atoms with Crippen LogP contribution in [0.4, 0.5) is 0 Å². The molecule has 0 aliphatic rings. The summed E-state index contributed by atoms with van der Waals surface area (Å²) in [5.74, 6) is -4.81. The smallest absolute Gasteiger partial charge is 0.0924 e. The van der Waals surface area contributed by atoms with Gasteiger partial charge in [0.25, 0.3) is 0 Å². The van der Waals surface area contributed by atoms with Crippen LogP contribution in [-0.4, -0.2) is 120 Å². The molecule has 3 atom stereocenters. The van der Waals surface area contributed by atoms with Gasteiger partial charge in [0, 0.05) is 39.2 Å². The van der Waals surface area contributed by atoms with E-state index in [4.69, 9.17) is 17.2 Å². The zero-order valence-electron chi connectivity index (χ0n) is 31.5. The average molecular weight is 952 g/mol. The Morgan fingerprint density at radius 2 is 0.759 bits per heavy atom. The molecule has 0 unspecified atom stereocenters. The monoisotopic (exact) mass is 953 g/mol. The molecule has 25 heteroatoms. The van der Waals surface area contributed by atoms with Crippen molar-refractivity contribution >= 4 is 89.3 Å². The molecular weight excluding hydrogens is 907 g/mol. The van der Waals surface area contributed by atoms with Crippen LogP contribution in [0.15, 0.2) is 55.8 Å². The number of carboxylic acid groups (broad SMARTS) is 6. The van der Waals surface area contributed by atoms with E-state index in [1.807, 2.05) is 18.8 Å². The molecule has 0 saturated heterocycles. The van der Waals surface area contributed by atoms with Crippen molar-refractivity contribution in [2.75, 3.05) is 36.0 Å². The molecule has 21 nitrogen and oxygen atoms in total. The van der Waals surface area contributed by atoms with Gasteiger partial charge >= 0.3 is 0 Å². The van der Waals surface area contributed by atoms with Crippen LogP contribution < -0.4 is 47.8 Å². The summed E-state index contributed by atoms with van der Waals surface area (Å²) < 4.78 is 0. The number of carbonyl (C=O) groups is 6. The Labute approximate surface area is 361 Å². The molecule has 3 aromatic rings. The maximum atomic E-state index is 9.96. The van der Waals surface area contributed by atoms with Gasteiger partial charge < -0.3 is 91.6 Å². The number of aliphatic carboxylic acids is 6. The van der Waals surface area contributed by atoms with Gasteiger partial charge in [-0.15, -0.1) is 0 Å². The summed E-state index contributed by atoms with van der Waals surface area (Å²) in [6.07, 6.45) is 23.1. The normalized spacial score (nSPS) is 11.5. The van der Waals surface area contributed by atoms with Crippen LogP contribution >= 0.6 is 35.3 Å². The summed E-state index contributed by atoms with van der Waals surface area (Å²) >= 11 is 4.73. The van der Waals surface area contributed by atoms with E-state index in [0.29, 0.717) is 36.3 Å². The number of H-pyrrole nitrogens is 3. The first-order valence-corrected chi connectivity index (χ1v) is 20.1. The number of imidazole rings is 3. The van der Waals surface area contributed by atoms with Gasteiger partial charge in [0.15, 0.2) is 0 Å². The molecule has 0 aliphatic carbocycles. The summed E-state index contributed by atoms with van der Waals surface area (Å²) in [4.78, 5) is 78.6. The fourth-order valence-electron chi connectivity index (χ4n) is 2.63. The largest absolute Gasteiger partial charge is 0.548 e. The maximum Gasteiger partial charge on any atom is 0.0924 e. The molecule has 3 rings (SSSR count). The van der Waals surface area contributed by atoms with Gasteiger partial charge in [0.2, 0.25) is 0 Å². The first-order chi connectivity index (χ1) is 26.9. The molecule has 0 amide bonds. The summed E-state index contributed by atoms with van der Waals surface area (Å²) in [7, 11) is 0. The Morgan fingerprint density at radius 1 is 0.534 bits per heavy atom. The van der Waals surface area contributed by atoms with Crippen LogP contribution in [0.3, 0.4) is 0 Å². The number of thioether (sulfide) groups is 3. The average Bonchev–Trinajstić information content (AvgIpc) is 3.99. The minimum atomic E-state index is -1.21. The van der Waals surface area contributed by atoms with Gasteiger partial charge in [-0.05, 0) is 91.7 Å². The predicted molar refractivity (Wildman–Crippen MR) is 206 cm³/mol. The molecule has 0 radical (unpaired) electrons. The van der Waals surface area contributed by atoms with Gasteiger partial charge in [-0.2, -0.15) is 35.3 Å². The molecular formula is C33H45MoN9O12S3-6. The first-order valence-electron chi connectivity index (χ1n) is 15.9. The molecule has 58 heavy (non-hydrogen) atoms. The van der Waals surface area contributed by atoms with Crippen molar-refractivity contribution in [2.24, 2.45) is 17.2 Å². The molecule has 3 heterocycles. The topological polar surface area (TPSA) is 405 Å². The maximum absolute atomic E-state index is 9.96. The van der Waals surface area contributed by atoms with Crippen molar-refractivity contribution in [2.45, 2.75) is 37.4 Å². The van der Waals surface area contributed by atoms with Crippen molar-refractivity contribution in [3.8, 4) is 0 Å². The van der Waals surface area contributed by atoms with Gasteiger partial charge in [0.05, 0.1) is 90.5 Å². The first kappa shape index (κ1) is 60.0. The van der Waals surface area contributed by atoms with E-state index in [9.17, 15) is 59.4 Å². The van der Waals surface area contributed by atoms with E-state index in [0.717, 1.165) is 35.5 Å². The van der Waals surface area contributed by atoms with E-state index in [2.05, 4.69) is 29.9 Å². The van der Waals surface area contributed by atoms with Crippen molar-refractivity contribution in [3.05, 3.63) is 72.9 Å². The van der Waals surface area contributed by atoms with E-state index in [1.54, 1.807) is 35.3 Å². The molecule has 324 valence electrons. The molecule has 0 fully saturated rings. The third-order valence-electron chi connectivity index (χ3n) is 5.56. The molecule has 9 N–H and O–H groups in total. The van der Waals surface area contributed by atoms with Gasteiger partial charge in [-0.1, -0.05) is 0 Å². The van der Waals surface area contributed by atoms with Crippen LogP contribution in [0.5, 0.6) is 0 Å². The fourth-order valence-corrected chi connectivity index (χ4v) is 4.10. The summed E-state index contributed by atoms with van der Waals surface area (Å²) in [6, 6.07) is -2.38. The van der Waals surface area contributed by atoms with Crippen LogP contribution in [0, 0.1) is 0 Å². The number of carbonyl (C=O) groups excluding carboxylic acids is 6. The predicted octanol–water partition coefficient (Wildman–Crippen LogP) is -6.03. The number of aromatic nitrogens is 6. The molecule has 0 aliphatic heterocycles. The van der Waals surface area contributed by atoms with Crippen LogP contribution in [-0.2, 0) is 49.8 Å². The van der Waals surface area contributed by atoms with E-state index >= 15 is 0 Å². The van der Waals surface area contributed by atoms with E-state index < -0.39 is 53.9 Å². The molecule has 0 spiro atoms. The Morgan fingerprint density at radius 3 is 0.897 bits per heavy atom. The number of aromatic amines is 3. The van der Waals surface area contributed by atoms with Crippen LogP contribution in [0.25, 0.3) is 18.2 Å².